The summed E-state index contributed by atoms with van der Waals surface area (Å²) in [5, 5.41) is 10.9. The van der Waals surface area contributed by atoms with Crippen LogP contribution in [0.3, 0.4) is 0 Å². The predicted molar refractivity (Wildman–Crippen MR) is 61.3 cm³/mol. The zero-order valence-corrected chi connectivity index (χ0v) is 9.79. The Bertz CT molecular complexity index is 352. The smallest absolute Gasteiger partial charge is 0.133 e. The minimum atomic E-state index is -0.509. The minimum Gasteiger partial charge on any atom is -0.386 e. The fourth-order valence-corrected chi connectivity index (χ4v) is 2.04. The Morgan fingerprint density at radius 1 is 1.53 bits per heavy atom. The van der Waals surface area contributed by atoms with Gasteiger partial charge in [-0.15, -0.1) is 11.8 Å². The van der Waals surface area contributed by atoms with Crippen molar-refractivity contribution in [2.24, 2.45) is 0 Å². The van der Waals surface area contributed by atoms with E-state index in [9.17, 15) is 5.11 Å². The highest BCUT2D eigenvalue weighted by atomic mass is 32.2. The third-order valence-corrected chi connectivity index (χ3v) is 3.43. The first kappa shape index (κ1) is 10.7. The standard InChI is InChI=1S/C10H15N3OS/c1-3-10(14)5-13(6-10)8-4-9(15-2)12-7-11-8/h4,7,14H,3,5-6H2,1-2H3. The van der Waals surface area contributed by atoms with Gasteiger partial charge in [0.05, 0.1) is 5.60 Å². The average molecular weight is 225 g/mol. The van der Waals surface area contributed by atoms with Crippen LogP contribution in [0.25, 0.3) is 0 Å². The third kappa shape index (κ3) is 2.08. The van der Waals surface area contributed by atoms with Crippen LogP contribution in [0.4, 0.5) is 5.82 Å². The molecule has 0 unspecified atom stereocenters. The SMILES string of the molecule is CCC1(O)CN(c2cc(SC)ncn2)C1. The van der Waals surface area contributed by atoms with Crippen LogP contribution in [0.2, 0.25) is 0 Å². The molecule has 82 valence electrons. The van der Waals surface area contributed by atoms with Crippen LogP contribution in [0.15, 0.2) is 17.4 Å². The van der Waals surface area contributed by atoms with Gasteiger partial charge in [-0.05, 0) is 12.7 Å². The molecule has 1 aliphatic heterocycles. The summed E-state index contributed by atoms with van der Waals surface area (Å²) >= 11 is 1.60. The van der Waals surface area contributed by atoms with Crippen molar-refractivity contribution in [3.63, 3.8) is 0 Å². The summed E-state index contributed by atoms with van der Waals surface area (Å²) in [6, 6.07) is 1.96. The van der Waals surface area contributed by atoms with Crippen LogP contribution in [-0.4, -0.2) is 40.0 Å². The summed E-state index contributed by atoms with van der Waals surface area (Å²) < 4.78 is 0. The van der Waals surface area contributed by atoms with Gasteiger partial charge in [0, 0.05) is 19.2 Å². The van der Waals surface area contributed by atoms with Crippen LogP contribution in [0, 0.1) is 0 Å². The number of rotatable bonds is 3. The Labute approximate surface area is 93.7 Å². The van der Waals surface area contributed by atoms with Crippen molar-refractivity contribution in [3.05, 3.63) is 12.4 Å². The molecule has 0 atom stereocenters. The van der Waals surface area contributed by atoms with E-state index >= 15 is 0 Å². The molecule has 2 heterocycles. The zero-order valence-electron chi connectivity index (χ0n) is 8.97. The van der Waals surface area contributed by atoms with E-state index < -0.39 is 5.60 Å². The number of β-amino-alcohol motifs (C(OH)–C–C–N with tert-alkyl or cyclic N) is 1. The lowest BCUT2D eigenvalue weighted by Crippen LogP contribution is -2.61. The lowest BCUT2D eigenvalue weighted by Gasteiger charge is -2.46. The van der Waals surface area contributed by atoms with E-state index in [2.05, 4.69) is 14.9 Å². The monoisotopic (exact) mass is 225 g/mol. The van der Waals surface area contributed by atoms with Crippen molar-refractivity contribution in [1.29, 1.82) is 0 Å². The summed E-state index contributed by atoms with van der Waals surface area (Å²) in [7, 11) is 0. The molecule has 0 saturated carbocycles. The molecule has 5 heteroatoms. The van der Waals surface area contributed by atoms with Gasteiger partial charge in [0.15, 0.2) is 0 Å². The van der Waals surface area contributed by atoms with Crippen molar-refractivity contribution in [1.82, 2.24) is 9.97 Å². The van der Waals surface area contributed by atoms with Crippen LogP contribution >= 0.6 is 11.8 Å². The first-order valence-electron chi connectivity index (χ1n) is 5.00. The van der Waals surface area contributed by atoms with Gasteiger partial charge in [-0.1, -0.05) is 6.92 Å². The molecule has 1 aliphatic rings. The Morgan fingerprint density at radius 2 is 2.27 bits per heavy atom. The second-order valence-corrected chi connectivity index (χ2v) is 4.68. The number of anilines is 1. The molecule has 0 aliphatic carbocycles. The van der Waals surface area contributed by atoms with Gasteiger partial charge in [-0.25, -0.2) is 9.97 Å². The molecule has 1 N–H and O–H groups in total. The quantitative estimate of drug-likeness (QED) is 0.618. The number of hydrogen-bond donors (Lipinski definition) is 1. The van der Waals surface area contributed by atoms with Gasteiger partial charge in [0.25, 0.3) is 0 Å². The molecule has 0 amide bonds. The maximum absolute atomic E-state index is 9.89. The van der Waals surface area contributed by atoms with Crippen LogP contribution < -0.4 is 4.90 Å². The summed E-state index contributed by atoms with van der Waals surface area (Å²) in [6.45, 7) is 3.35. The summed E-state index contributed by atoms with van der Waals surface area (Å²) in [4.78, 5) is 10.4. The maximum Gasteiger partial charge on any atom is 0.133 e. The van der Waals surface area contributed by atoms with Gasteiger partial charge in [0.2, 0.25) is 0 Å². The molecule has 1 fully saturated rings. The van der Waals surface area contributed by atoms with Crippen LogP contribution in [-0.2, 0) is 0 Å². The number of aromatic nitrogens is 2. The molecular weight excluding hydrogens is 210 g/mol. The molecule has 15 heavy (non-hydrogen) atoms. The third-order valence-electron chi connectivity index (χ3n) is 2.79. The fraction of sp³-hybridized carbons (Fsp3) is 0.600. The molecule has 0 aromatic carbocycles. The Balaban J connectivity index is 2.06. The average Bonchev–Trinajstić information content (AvgIpc) is 2.25. The lowest BCUT2D eigenvalue weighted by atomic mass is 9.91. The van der Waals surface area contributed by atoms with Crippen molar-refractivity contribution in [2.75, 3.05) is 24.2 Å². The number of aliphatic hydroxyl groups is 1. The van der Waals surface area contributed by atoms with E-state index in [0.29, 0.717) is 13.1 Å². The number of hydrogen-bond acceptors (Lipinski definition) is 5. The van der Waals surface area contributed by atoms with E-state index in [1.807, 2.05) is 19.2 Å². The van der Waals surface area contributed by atoms with Crippen molar-refractivity contribution < 1.29 is 5.11 Å². The van der Waals surface area contributed by atoms with Gasteiger partial charge in [-0.3, -0.25) is 0 Å². The highest BCUT2D eigenvalue weighted by Crippen LogP contribution is 2.29. The van der Waals surface area contributed by atoms with Gasteiger partial charge >= 0.3 is 0 Å². The van der Waals surface area contributed by atoms with E-state index in [1.165, 1.54) is 0 Å². The van der Waals surface area contributed by atoms with Gasteiger partial charge < -0.3 is 10.0 Å². The first-order chi connectivity index (χ1) is 7.17. The van der Waals surface area contributed by atoms with Crippen molar-refractivity contribution in [3.8, 4) is 0 Å². The molecule has 1 aromatic heterocycles. The normalized spacial score (nSPS) is 18.7. The summed E-state index contributed by atoms with van der Waals surface area (Å²) in [5.41, 5.74) is -0.509. The largest absolute Gasteiger partial charge is 0.386 e. The van der Waals surface area contributed by atoms with Crippen LogP contribution in [0.5, 0.6) is 0 Å². The molecule has 4 nitrogen and oxygen atoms in total. The molecule has 0 bridgehead atoms. The molecular formula is C10H15N3OS. The maximum atomic E-state index is 9.89. The minimum absolute atomic E-state index is 0.509. The van der Waals surface area contributed by atoms with Gasteiger partial charge in [0.1, 0.15) is 17.2 Å². The zero-order chi connectivity index (χ0) is 10.9. The van der Waals surface area contributed by atoms with E-state index in [-0.39, 0.29) is 0 Å². The molecule has 2 rings (SSSR count). The van der Waals surface area contributed by atoms with E-state index in [1.54, 1.807) is 18.1 Å². The Kier molecular flexibility index (Phi) is 2.84. The second-order valence-electron chi connectivity index (χ2n) is 3.85. The van der Waals surface area contributed by atoms with Crippen LogP contribution in [0.1, 0.15) is 13.3 Å². The number of nitrogens with zero attached hydrogens (tertiary/aromatic N) is 3. The summed E-state index contributed by atoms with van der Waals surface area (Å²) in [6.07, 6.45) is 4.36. The molecule has 0 spiro atoms. The highest BCUT2D eigenvalue weighted by molar-refractivity contribution is 7.98. The van der Waals surface area contributed by atoms with Crippen molar-refractivity contribution >= 4 is 17.6 Å². The first-order valence-corrected chi connectivity index (χ1v) is 6.23. The summed E-state index contributed by atoms with van der Waals surface area (Å²) in [5.74, 6) is 0.910. The van der Waals surface area contributed by atoms with E-state index in [0.717, 1.165) is 17.3 Å². The highest BCUT2D eigenvalue weighted by Gasteiger charge is 2.40. The number of thioether (sulfide) groups is 1. The van der Waals surface area contributed by atoms with Crippen molar-refractivity contribution in [2.45, 2.75) is 24.0 Å². The predicted octanol–water partition coefficient (Wildman–Crippen LogP) is 1.16. The Hall–Kier alpha value is -0.810. The topological polar surface area (TPSA) is 49.2 Å². The molecule has 0 radical (unpaired) electrons. The van der Waals surface area contributed by atoms with E-state index in [4.69, 9.17) is 0 Å². The Morgan fingerprint density at radius 3 is 2.87 bits per heavy atom. The fourth-order valence-electron chi connectivity index (χ4n) is 1.66. The molecule has 1 aromatic rings. The molecule has 1 saturated heterocycles. The second kappa shape index (κ2) is 3.98. The van der Waals surface area contributed by atoms with Gasteiger partial charge in [-0.2, -0.15) is 0 Å². The lowest BCUT2D eigenvalue weighted by molar-refractivity contribution is 0.00802.